The number of carbonyl (C=O) groups excluding carboxylic acids is 2. The van der Waals surface area contributed by atoms with Crippen LogP contribution in [0.4, 0.5) is 5.69 Å². The normalized spacial score (nSPS) is 15.3. The predicted molar refractivity (Wildman–Crippen MR) is 161 cm³/mol. The number of fused-ring (bicyclic) bond motifs is 1. The lowest BCUT2D eigenvalue weighted by Crippen LogP contribution is -2.54. The number of nitrogens with one attached hydrogen (secondary N) is 1. The molecule has 0 saturated heterocycles. The van der Waals surface area contributed by atoms with Gasteiger partial charge < -0.3 is 19.7 Å². The predicted octanol–water partition coefficient (Wildman–Crippen LogP) is 4.53. The molecule has 0 aromatic heterocycles. The van der Waals surface area contributed by atoms with E-state index in [1.807, 2.05) is 36.4 Å². The van der Waals surface area contributed by atoms with Gasteiger partial charge in [-0.1, -0.05) is 73.0 Å². The van der Waals surface area contributed by atoms with Crippen LogP contribution in [0.2, 0.25) is 5.02 Å². The quantitative estimate of drug-likeness (QED) is 0.342. The Morgan fingerprint density at radius 1 is 0.976 bits per heavy atom. The van der Waals surface area contributed by atoms with E-state index in [2.05, 4.69) is 5.32 Å². The first-order valence-corrected chi connectivity index (χ1v) is 16.2. The molecule has 42 heavy (non-hydrogen) atoms. The van der Waals surface area contributed by atoms with E-state index in [9.17, 15) is 18.0 Å². The molecule has 3 aromatic carbocycles. The number of anilines is 1. The van der Waals surface area contributed by atoms with Gasteiger partial charge in [-0.2, -0.15) is 0 Å². The number of hydrogen-bond acceptors (Lipinski definition) is 6. The van der Waals surface area contributed by atoms with E-state index in [4.69, 9.17) is 21.1 Å². The summed E-state index contributed by atoms with van der Waals surface area (Å²) in [5.74, 6) is 0.0606. The molecule has 1 unspecified atom stereocenters. The van der Waals surface area contributed by atoms with Gasteiger partial charge in [-0.15, -0.1) is 0 Å². The smallest absolute Gasteiger partial charge is 0.244 e. The summed E-state index contributed by atoms with van der Waals surface area (Å²) in [6.45, 7) is -0.475. The van der Waals surface area contributed by atoms with Crippen LogP contribution in [-0.2, 0) is 32.6 Å². The maximum Gasteiger partial charge on any atom is 0.244 e. The molecule has 1 saturated carbocycles. The van der Waals surface area contributed by atoms with Crippen molar-refractivity contribution in [3.8, 4) is 11.5 Å². The topological polar surface area (TPSA) is 105 Å². The standard InChI is InChI=1S/C31H34ClN3O6S/c1-42(38,39)35(25-15-16-28-29(18-25)41-21-40-28)20-30(36)34(19-23-11-5-8-14-26(23)32)27(17-22-9-3-2-4-10-22)31(37)33-24-12-6-7-13-24/h2-5,8-11,14-16,18,24,27H,6-7,12-13,17,19-21H2,1H3,(H,33,37). The van der Waals surface area contributed by atoms with Gasteiger partial charge in [-0.3, -0.25) is 13.9 Å². The zero-order valence-electron chi connectivity index (χ0n) is 23.4. The van der Waals surface area contributed by atoms with Crippen LogP contribution in [0.15, 0.2) is 72.8 Å². The Kier molecular flexibility index (Phi) is 9.23. The van der Waals surface area contributed by atoms with Gasteiger partial charge in [0.1, 0.15) is 12.6 Å². The van der Waals surface area contributed by atoms with Gasteiger partial charge in [0.15, 0.2) is 11.5 Å². The van der Waals surface area contributed by atoms with Gasteiger partial charge in [0, 0.05) is 30.1 Å². The van der Waals surface area contributed by atoms with Gasteiger partial charge in [0.25, 0.3) is 0 Å². The highest BCUT2D eigenvalue weighted by atomic mass is 35.5. The summed E-state index contributed by atoms with van der Waals surface area (Å²) in [7, 11) is -3.91. The van der Waals surface area contributed by atoms with Crippen LogP contribution in [0.1, 0.15) is 36.8 Å². The molecule has 9 nitrogen and oxygen atoms in total. The summed E-state index contributed by atoms with van der Waals surface area (Å²) >= 11 is 6.51. The van der Waals surface area contributed by atoms with Crippen LogP contribution < -0.4 is 19.1 Å². The molecule has 1 heterocycles. The number of benzene rings is 3. The van der Waals surface area contributed by atoms with Crippen molar-refractivity contribution >= 4 is 39.1 Å². The number of hydrogen-bond donors (Lipinski definition) is 1. The molecule has 2 amide bonds. The third-order valence-corrected chi connectivity index (χ3v) is 9.10. The molecule has 222 valence electrons. The van der Waals surface area contributed by atoms with E-state index >= 15 is 0 Å². The molecule has 1 aliphatic carbocycles. The molecule has 5 rings (SSSR count). The second-order valence-electron chi connectivity index (χ2n) is 10.6. The van der Waals surface area contributed by atoms with Crippen LogP contribution in [0.25, 0.3) is 0 Å². The summed E-state index contributed by atoms with van der Waals surface area (Å²) < 4.78 is 37.8. The first-order chi connectivity index (χ1) is 20.2. The number of rotatable bonds is 11. The lowest BCUT2D eigenvalue weighted by molar-refractivity contribution is -0.140. The van der Waals surface area contributed by atoms with E-state index in [0.717, 1.165) is 41.8 Å². The molecule has 3 aromatic rings. The maximum absolute atomic E-state index is 14.2. The van der Waals surface area contributed by atoms with Crippen molar-refractivity contribution in [3.63, 3.8) is 0 Å². The third kappa shape index (κ3) is 7.17. The van der Waals surface area contributed by atoms with Gasteiger partial charge in [0.2, 0.25) is 28.6 Å². The maximum atomic E-state index is 14.2. The highest BCUT2D eigenvalue weighted by molar-refractivity contribution is 7.92. The van der Waals surface area contributed by atoms with Crippen LogP contribution in [0.5, 0.6) is 11.5 Å². The van der Waals surface area contributed by atoms with Crippen molar-refractivity contribution in [2.45, 2.75) is 50.7 Å². The molecule has 1 aliphatic heterocycles. The zero-order valence-corrected chi connectivity index (χ0v) is 24.9. The molecular weight excluding hydrogens is 578 g/mol. The van der Waals surface area contributed by atoms with Crippen molar-refractivity contribution in [1.29, 1.82) is 0 Å². The fourth-order valence-electron chi connectivity index (χ4n) is 5.39. The van der Waals surface area contributed by atoms with Gasteiger partial charge >= 0.3 is 0 Å². The highest BCUT2D eigenvalue weighted by Gasteiger charge is 2.35. The molecule has 11 heteroatoms. The number of nitrogens with zero attached hydrogens (tertiary/aromatic N) is 2. The van der Waals surface area contributed by atoms with Gasteiger partial charge in [0.05, 0.1) is 11.9 Å². The Hall–Kier alpha value is -3.76. The summed E-state index contributed by atoms with van der Waals surface area (Å²) in [4.78, 5) is 29.6. The first-order valence-electron chi connectivity index (χ1n) is 13.9. The van der Waals surface area contributed by atoms with Crippen LogP contribution in [-0.4, -0.2) is 56.8 Å². The van der Waals surface area contributed by atoms with Crippen molar-refractivity contribution < 1.29 is 27.5 Å². The minimum Gasteiger partial charge on any atom is -0.454 e. The lowest BCUT2D eigenvalue weighted by Gasteiger charge is -2.34. The molecule has 0 spiro atoms. The Labute approximate surface area is 251 Å². The van der Waals surface area contributed by atoms with Crippen molar-refractivity contribution in [3.05, 3.63) is 88.9 Å². The third-order valence-electron chi connectivity index (χ3n) is 7.59. The Morgan fingerprint density at radius 3 is 2.38 bits per heavy atom. The average Bonchev–Trinajstić information content (AvgIpc) is 3.66. The SMILES string of the molecule is CS(=O)(=O)N(CC(=O)N(Cc1ccccc1Cl)C(Cc1ccccc1)C(=O)NC1CCCC1)c1ccc2c(c1)OCO2. The van der Waals surface area contributed by atoms with Crippen LogP contribution in [0, 0.1) is 0 Å². The minimum absolute atomic E-state index is 0.0207. The molecule has 1 N–H and O–H groups in total. The van der Waals surface area contributed by atoms with Crippen LogP contribution >= 0.6 is 11.6 Å². The fraction of sp³-hybridized carbons (Fsp3) is 0.355. The van der Waals surface area contributed by atoms with Gasteiger partial charge in [-0.05, 0) is 42.2 Å². The highest BCUT2D eigenvalue weighted by Crippen LogP contribution is 2.36. The van der Waals surface area contributed by atoms with Gasteiger partial charge in [-0.25, -0.2) is 8.42 Å². The van der Waals surface area contributed by atoms with Crippen molar-refractivity contribution in [2.24, 2.45) is 0 Å². The molecule has 0 radical (unpaired) electrons. The number of amides is 2. The second kappa shape index (κ2) is 13.0. The fourth-order valence-corrected chi connectivity index (χ4v) is 6.42. The summed E-state index contributed by atoms with van der Waals surface area (Å²) in [5, 5.41) is 3.60. The number of halogens is 1. The molecule has 1 fully saturated rings. The average molecular weight is 612 g/mol. The summed E-state index contributed by atoms with van der Waals surface area (Å²) in [5.41, 5.74) is 1.77. The van der Waals surface area contributed by atoms with Crippen molar-refractivity contribution in [1.82, 2.24) is 10.2 Å². The molecule has 2 aliphatic rings. The number of sulfonamides is 1. The Bertz CT molecular complexity index is 1530. The Balaban J connectivity index is 1.51. The summed E-state index contributed by atoms with van der Waals surface area (Å²) in [6, 6.07) is 20.4. The lowest BCUT2D eigenvalue weighted by atomic mass is 10.0. The zero-order chi connectivity index (χ0) is 29.7. The largest absolute Gasteiger partial charge is 0.454 e. The molecule has 0 bridgehead atoms. The van der Waals surface area contributed by atoms with E-state index in [1.165, 1.54) is 11.0 Å². The second-order valence-corrected chi connectivity index (χ2v) is 12.9. The molecular formula is C31H34ClN3O6S. The first kappa shape index (κ1) is 29.7. The van der Waals surface area contributed by atoms with E-state index in [1.54, 1.807) is 30.3 Å². The number of ether oxygens (including phenoxy) is 2. The monoisotopic (exact) mass is 611 g/mol. The minimum atomic E-state index is -3.91. The number of carbonyl (C=O) groups is 2. The van der Waals surface area contributed by atoms with Crippen molar-refractivity contribution in [2.75, 3.05) is 23.9 Å². The Morgan fingerprint density at radius 2 is 1.67 bits per heavy atom. The van der Waals surface area contributed by atoms with Crippen LogP contribution in [0.3, 0.4) is 0 Å². The van der Waals surface area contributed by atoms with E-state index in [0.29, 0.717) is 22.1 Å². The van der Waals surface area contributed by atoms with E-state index < -0.39 is 28.5 Å². The molecule has 1 atom stereocenters. The summed E-state index contributed by atoms with van der Waals surface area (Å²) in [6.07, 6.45) is 5.13. The van der Waals surface area contributed by atoms with E-state index in [-0.39, 0.29) is 37.4 Å².